The van der Waals surface area contributed by atoms with Crippen LogP contribution >= 0.6 is 0 Å². The molecule has 1 fully saturated rings. The van der Waals surface area contributed by atoms with E-state index >= 15 is 0 Å². The summed E-state index contributed by atoms with van der Waals surface area (Å²) in [6, 6.07) is -0.761. The average Bonchev–Trinajstić information content (AvgIpc) is 2.60. The zero-order valence-electron chi connectivity index (χ0n) is 10.5. The number of quaternary nitrogens is 1. The summed E-state index contributed by atoms with van der Waals surface area (Å²) in [5, 5.41) is 46.9. The van der Waals surface area contributed by atoms with Gasteiger partial charge in [-0.1, -0.05) is 0 Å². The number of rotatable bonds is 7. The Hall–Kier alpha value is -0.370. The van der Waals surface area contributed by atoms with Gasteiger partial charge in [0.1, 0.15) is 43.5 Å². The number of aliphatic hydroxyl groups excluding tert-OH is 5. The molecule has 6 atom stereocenters. The summed E-state index contributed by atoms with van der Waals surface area (Å²) in [6.45, 7) is -1.55. The summed E-state index contributed by atoms with van der Waals surface area (Å²) in [6.07, 6.45) is -5.44. The van der Waals surface area contributed by atoms with Crippen molar-refractivity contribution in [2.24, 2.45) is 0 Å². The van der Waals surface area contributed by atoms with E-state index in [0.29, 0.717) is 4.90 Å². The first-order valence-electron chi connectivity index (χ1n) is 5.94. The Morgan fingerprint density at radius 2 is 1.95 bits per heavy atom. The molecule has 0 aromatic carbocycles. The third-order valence-corrected chi connectivity index (χ3v) is 3.80. The molecule has 0 saturated carbocycles. The normalized spacial score (nSPS) is 34.1. The molecule has 0 spiro atoms. The molecule has 0 amide bonds. The molecule has 0 aromatic rings. The van der Waals surface area contributed by atoms with E-state index in [1.165, 1.54) is 0 Å². The molecule has 1 heterocycles. The fourth-order valence-electron chi connectivity index (χ4n) is 2.29. The van der Waals surface area contributed by atoms with Crippen LogP contribution in [0.2, 0.25) is 0 Å². The van der Waals surface area contributed by atoms with Crippen molar-refractivity contribution in [1.29, 1.82) is 0 Å². The molecular weight excluding hydrogens is 298 g/mol. The lowest BCUT2D eigenvalue weighted by Crippen LogP contribution is -3.16. The SMILES string of the molecule is O=S(=O)([O-])O[C@@H](CO)[C@H](O)C[NH+]1C[C@H](O)[C@@H](O)[C@H]1CO. The van der Waals surface area contributed by atoms with E-state index < -0.39 is 54.1 Å². The summed E-state index contributed by atoms with van der Waals surface area (Å²) in [4.78, 5) is 0.408. The molecule has 1 aliphatic heterocycles. The number of likely N-dealkylation sites (tertiary alicyclic amines) is 1. The Kier molecular flexibility index (Phi) is 6.25. The predicted molar refractivity (Wildman–Crippen MR) is 61.2 cm³/mol. The topological polar surface area (TPSA) is 172 Å². The van der Waals surface area contributed by atoms with E-state index in [-0.39, 0.29) is 13.1 Å². The fraction of sp³-hybridized carbons (Fsp3) is 1.00. The minimum Gasteiger partial charge on any atom is -0.726 e. The first kappa shape index (κ1) is 17.7. The molecule has 11 heteroatoms. The largest absolute Gasteiger partial charge is 0.726 e. The molecule has 120 valence electrons. The summed E-state index contributed by atoms with van der Waals surface area (Å²) in [7, 11) is -5.08. The second-order valence-electron chi connectivity index (χ2n) is 4.71. The molecule has 20 heavy (non-hydrogen) atoms. The van der Waals surface area contributed by atoms with Crippen LogP contribution in [-0.4, -0.2) is 95.3 Å². The van der Waals surface area contributed by atoms with E-state index in [9.17, 15) is 28.3 Å². The lowest BCUT2D eigenvalue weighted by atomic mass is 10.1. The van der Waals surface area contributed by atoms with Crippen LogP contribution in [0.4, 0.5) is 0 Å². The molecule has 1 aliphatic rings. The Bertz CT molecular complexity index is 402. The van der Waals surface area contributed by atoms with Crippen LogP contribution in [0, 0.1) is 0 Å². The maximum absolute atomic E-state index is 10.4. The van der Waals surface area contributed by atoms with Crippen molar-refractivity contribution in [3.8, 4) is 0 Å². The van der Waals surface area contributed by atoms with Crippen LogP contribution in [0.3, 0.4) is 0 Å². The lowest BCUT2D eigenvalue weighted by molar-refractivity contribution is -0.918. The molecule has 0 bridgehead atoms. The van der Waals surface area contributed by atoms with Gasteiger partial charge in [-0.25, -0.2) is 8.42 Å². The highest BCUT2D eigenvalue weighted by Gasteiger charge is 2.44. The van der Waals surface area contributed by atoms with Crippen LogP contribution < -0.4 is 4.90 Å². The Morgan fingerprint density at radius 1 is 1.35 bits per heavy atom. The van der Waals surface area contributed by atoms with Gasteiger partial charge in [-0.15, -0.1) is 0 Å². The van der Waals surface area contributed by atoms with Crippen LogP contribution in [0.1, 0.15) is 0 Å². The molecule has 1 rings (SSSR count). The van der Waals surface area contributed by atoms with Crippen LogP contribution in [0.25, 0.3) is 0 Å². The van der Waals surface area contributed by atoms with Crippen molar-refractivity contribution in [2.75, 3.05) is 26.3 Å². The van der Waals surface area contributed by atoms with Crippen LogP contribution in [0.5, 0.6) is 0 Å². The highest BCUT2D eigenvalue weighted by molar-refractivity contribution is 7.80. The van der Waals surface area contributed by atoms with E-state index in [4.69, 9.17) is 10.2 Å². The van der Waals surface area contributed by atoms with Gasteiger partial charge in [-0.05, 0) is 0 Å². The highest BCUT2D eigenvalue weighted by Crippen LogP contribution is 2.06. The predicted octanol–water partition coefficient (Wildman–Crippen LogP) is -5.83. The van der Waals surface area contributed by atoms with Gasteiger partial charge < -0.3 is 35.0 Å². The smallest absolute Gasteiger partial charge is 0.218 e. The van der Waals surface area contributed by atoms with Gasteiger partial charge in [0, 0.05) is 0 Å². The molecule has 6 N–H and O–H groups in total. The zero-order chi connectivity index (χ0) is 15.5. The summed E-state index contributed by atoms with van der Waals surface area (Å²) in [5.41, 5.74) is 0. The monoisotopic (exact) mass is 317 g/mol. The number of hydrogen-bond acceptors (Lipinski definition) is 9. The van der Waals surface area contributed by atoms with Gasteiger partial charge in [0.05, 0.1) is 13.2 Å². The molecule has 0 aliphatic carbocycles. The quantitative estimate of drug-likeness (QED) is 0.197. The van der Waals surface area contributed by atoms with Crippen LogP contribution in [0.15, 0.2) is 0 Å². The molecule has 0 aromatic heterocycles. The van der Waals surface area contributed by atoms with Crippen molar-refractivity contribution in [2.45, 2.75) is 30.5 Å². The molecule has 1 unspecified atom stereocenters. The van der Waals surface area contributed by atoms with Crippen LogP contribution in [-0.2, 0) is 14.6 Å². The summed E-state index contributed by atoms with van der Waals surface area (Å²) < 4.78 is 35.3. The summed E-state index contributed by atoms with van der Waals surface area (Å²) >= 11 is 0. The highest BCUT2D eigenvalue weighted by atomic mass is 32.3. The van der Waals surface area contributed by atoms with E-state index in [2.05, 4.69) is 4.18 Å². The van der Waals surface area contributed by atoms with Gasteiger partial charge in [0.2, 0.25) is 10.4 Å². The maximum atomic E-state index is 10.4. The Labute approximate surface area is 115 Å². The van der Waals surface area contributed by atoms with Gasteiger partial charge in [0.15, 0.2) is 0 Å². The van der Waals surface area contributed by atoms with Gasteiger partial charge >= 0.3 is 0 Å². The van der Waals surface area contributed by atoms with Gasteiger partial charge in [-0.3, -0.25) is 4.18 Å². The standard InChI is InChI=1S/C9H19NO9S/c11-3-5-9(15)7(14)2-10(5)1-6(13)8(4-12)19-20(16,17)18/h5-9,11-15H,1-4H2,(H,16,17,18)/t5-,6-,7+,8+,9+/m1/s1. The van der Waals surface area contributed by atoms with Crippen molar-refractivity contribution < 1.29 is 47.6 Å². The summed E-state index contributed by atoms with van der Waals surface area (Å²) in [5.74, 6) is 0. The lowest BCUT2D eigenvalue weighted by Gasteiger charge is -2.27. The second-order valence-corrected chi connectivity index (χ2v) is 5.72. The number of nitrogens with one attached hydrogen (secondary N) is 1. The molecular formula is C9H19NO9S. The van der Waals surface area contributed by atoms with Gasteiger partial charge in [0.25, 0.3) is 0 Å². The zero-order valence-corrected chi connectivity index (χ0v) is 11.3. The molecule has 10 nitrogen and oxygen atoms in total. The Morgan fingerprint density at radius 3 is 2.40 bits per heavy atom. The maximum Gasteiger partial charge on any atom is 0.218 e. The third-order valence-electron chi connectivity index (χ3n) is 3.32. The van der Waals surface area contributed by atoms with Crippen molar-refractivity contribution >= 4 is 10.4 Å². The van der Waals surface area contributed by atoms with Crippen molar-refractivity contribution in [1.82, 2.24) is 0 Å². The van der Waals surface area contributed by atoms with E-state index in [1.807, 2.05) is 0 Å². The third kappa shape index (κ3) is 4.58. The minimum absolute atomic E-state index is 0.0196. The Balaban J connectivity index is 2.66. The van der Waals surface area contributed by atoms with E-state index in [0.717, 1.165) is 0 Å². The average molecular weight is 317 g/mol. The first-order chi connectivity index (χ1) is 9.19. The van der Waals surface area contributed by atoms with Crippen molar-refractivity contribution in [3.05, 3.63) is 0 Å². The van der Waals surface area contributed by atoms with E-state index in [1.54, 1.807) is 0 Å². The fourth-order valence-corrected chi connectivity index (χ4v) is 2.78. The van der Waals surface area contributed by atoms with Crippen molar-refractivity contribution in [3.63, 3.8) is 0 Å². The molecule has 0 radical (unpaired) electrons. The number of hydrogen-bond donors (Lipinski definition) is 6. The first-order valence-corrected chi connectivity index (χ1v) is 7.27. The minimum atomic E-state index is -5.08. The number of aliphatic hydroxyl groups is 5. The second kappa shape index (κ2) is 7.06. The molecule has 1 saturated heterocycles. The van der Waals surface area contributed by atoms with Gasteiger partial charge in [-0.2, -0.15) is 0 Å².